The summed E-state index contributed by atoms with van der Waals surface area (Å²) in [6, 6.07) is 0.177. The Labute approximate surface area is 122 Å². The molecule has 2 aliphatic rings. The molecule has 0 radical (unpaired) electrons. The molecule has 0 aromatic rings. The summed E-state index contributed by atoms with van der Waals surface area (Å²) in [5.74, 6) is 0.965. The number of nitrogens with zero attached hydrogens (tertiary/aromatic N) is 1. The zero-order valence-corrected chi connectivity index (χ0v) is 12.9. The summed E-state index contributed by atoms with van der Waals surface area (Å²) >= 11 is 0. The van der Waals surface area contributed by atoms with Crippen LogP contribution in [0.2, 0.25) is 0 Å². The number of ether oxygens (including phenoxy) is 1. The van der Waals surface area contributed by atoms with Crippen LogP contribution in [0.4, 0.5) is 0 Å². The number of likely N-dealkylation sites (tertiary alicyclic amines) is 1. The zero-order valence-electron chi connectivity index (χ0n) is 12.9. The van der Waals surface area contributed by atoms with E-state index in [0.29, 0.717) is 13.2 Å². The Bertz CT molecular complexity index is 303. The van der Waals surface area contributed by atoms with Crippen LogP contribution in [0.25, 0.3) is 0 Å². The third kappa shape index (κ3) is 4.43. The second kappa shape index (κ2) is 7.96. The summed E-state index contributed by atoms with van der Waals surface area (Å²) in [5.41, 5.74) is 0. The maximum Gasteiger partial charge on any atom is 0.227 e. The Kier molecular flexibility index (Phi) is 6.26. The van der Waals surface area contributed by atoms with Crippen molar-refractivity contribution in [2.75, 3.05) is 45.9 Å². The van der Waals surface area contributed by atoms with Crippen molar-refractivity contribution in [2.45, 2.75) is 32.7 Å². The first kappa shape index (κ1) is 15.7. The molecule has 2 rings (SSSR count). The van der Waals surface area contributed by atoms with E-state index in [2.05, 4.69) is 29.4 Å². The molecule has 0 aromatic carbocycles. The van der Waals surface area contributed by atoms with Crippen LogP contribution in [0.3, 0.4) is 0 Å². The predicted octanol–water partition coefficient (Wildman–Crippen LogP) is 0.459. The first-order valence-corrected chi connectivity index (χ1v) is 8.02. The van der Waals surface area contributed by atoms with Gasteiger partial charge in [0.1, 0.15) is 0 Å². The van der Waals surface area contributed by atoms with Crippen molar-refractivity contribution in [1.82, 2.24) is 15.5 Å². The smallest absolute Gasteiger partial charge is 0.227 e. The van der Waals surface area contributed by atoms with Crippen LogP contribution in [0.1, 0.15) is 26.7 Å². The minimum atomic E-state index is -0.0312. The van der Waals surface area contributed by atoms with Crippen LogP contribution < -0.4 is 10.6 Å². The van der Waals surface area contributed by atoms with Gasteiger partial charge in [-0.05, 0) is 38.4 Å². The minimum absolute atomic E-state index is 0.0312. The third-order valence-electron chi connectivity index (χ3n) is 4.49. The van der Waals surface area contributed by atoms with Gasteiger partial charge in [-0.15, -0.1) is 0 Å². The van der Waals surface area contributed by atoms with Crippen molar-refractivity contribution in [3.63, 3.8) is 0 Å². The Morgan fingerprint density at radius 1 is 1.30 bits per heavy atom. The molecule has 5 nitrogen and oxygen atoms in total. The van der Waals surface area contributed by atoms with E-state index in [0.717, 1.165) is 25.6 Å². The van der Waals surface area contributed by atoms with Gasteiger partial charge in [-0.25, -0.2) is 0 Å². The first-order chi connectivity index (χ1) is 9.70. The fraction of sp³-hybridized carbons (Fsp3) is 0.933. The molecule has 20 heavy (non-hydrogen) atoms. The highest BCUT2D eigenvalue weighted by Crippen LogP contribution is 2.16. The molecular formula is C15H29N3O2. The molecule has 2 N–H and O–H groups in total. The van der Waals surface area contributed by atoms with E-state index in [-0.39, 0.29) is 17.9 Å². The summed E-state index contributed by atoms with van der Waals surface area (Å²) in [6.45, 7) is 10.5. The van der Waals surface area contributed by atoms with Crippen LogP contribution in [0.15, 0.2) is 0 Å². The molecule has 0 aliphatic carbocycles. The van der Waals surface area contributed by atoms with E-state index in [4.69, 9.17) is 4.74 Å². The van der Waals surface area contributed by atoms with E-state index in [1.54, 1.807) is 0 Å². The first-order valence-electron chi connectivity index (χ1n) is 8.02. The number of hydrogen-bond acceptors (Lipinski definition) is 4. The molecular weight excluding hydrogens is 254 g/mol. The highest BCUT2D eigenvalue weighted by atomic mass is 16.5. The van der Waals surface area contributed by atoms with Crippen LogP contribution in [-0.2, 0) is 9.53 Å². The third-order valence-corrected chi connectivity index (χ3v) is 4.49. The van der Waals surface area contributed by atoms with Crippen LogP contribution in [0.5, 0.6) is 0 Å². The van der Waals surface area contributed by atoms with Crippen molar-refractivity contribution in [3.8, 4) is 0 Å². The van der Waals surface area contributed by atoms with Gasteiger partial charge >= 0.3 is 0 Å². The van der Waals surface area contributed by atoms with Crippen LogP contribution in [0, 0.1) is 11.8 Å². The quantitative estimate of drug-likeness (QED) is 0.743. The molecule has 5 heteroatoms. The maximum atomic E-state index is 12.2. The summed E-state index contributed by atoms with van der Waals surface area (Å²) < 4.78 is 5.42. The average Bonchev–Trinajstić information content (AvgIpc) is 2.90. The topological polar surface area (TPSA) is 53.6 Å². The maximum absolute atomic E-state index is 12.2. The van der Waals surface area contributed by atoms with Crippen LogP contribution >= 0.6 is 0 Å². The fourth-order valence-electron chi connectivity index (χ4n) is 3.03. The predicted molar refractivity (Wildman–Crippen MR) is 79.6 cm³/mol. The van der Waals surface area contributed by atoms with E-state index in [9.17, 15) is 4.79 Å². The highest BCUT2D eigenvalue weighted by molar-refractivity contribution is 5.79. The molecule has 2 aliphatic heterocycles. The molecule has 2 fully saturated rings. The number of carbonyl (C=O) groups excluding carboxylic acids is 1. The van der Waals surface area contributed by atoms with E-state index in [1.807, 2.05) is 0 Å². The van der Waals surface area contributed by atoms with Gasteiger partial charge in [0.15, 0.2) is 0 Å². The minimum Gasteiger partial charge on any atom is -0.379 e. The second-order valence-corrected chi connectivity index (χ2v) is 6.12. The number of piperidine rings is 1. The molecule has 2 saturated heterocycles. The number of likely N-dealkylation sites (N-methyl/N-ethyl adjacent to an activating group) is 1. The summed E-state index contributed by atoms with van der Waals surface area (Å²) in [5, 5.41) is 6.39. The van der Waals surface area contributed by atoms with E-state index in [1.165, 1.54) is 25.9 Å². The van der Waals surface area contributed by atoms with Crippen molar-refractivity contribution in [1.29, 1.82) is 0 Å². The standard InChI is InChI=1S/C15H29N3O2/c1-3-16-14-11-20-10-13(14)15(19)17-6-9-18-7-4-12(2)5-8-18/h12-14,16H,3-11H2,1-2H3,(H,17,19). The lowest BCUT2D eigenvalue weighted by Gasteiger charge is -2.30. The molecule has 0 aromatic heterocycles. The van der Waals surface area contributed by atoms with Gasteiger partial charge in [0.25, 0.3) is 0 Å². The summed E-state index contributed by atoms with van der Waals surface area (Å²) in [7, 11) is 0. The number of carbonyl (C=O) groups is 1. The van der Waals surface area contributed by atoms with Gasteiger partial charge < -0.3 is 20.3 Å². The Balaban J connectivity index is 1.64. The second-order valence-electron chi connectivity index (χ2n) is 6.12. The van der Waals surface area contributed by atoms with E-state index < -0.39 is 0 Å². The lowest BCUT2D eigenvalue weighted by Crippen LogP contribution is -2.46. The molecule has 2 unspecified atom stereocenters. The Hall–Kier alpha value is -0.650. The Morgan fingerprint density at radius 2 is 2.05 bits per heavy atom. The van der Waals surface area contributed by atoms with Gasteiger partial charge in [0, 0.05) is 19.1 Å². The van der Waals surface area contributed by atoms with Gasteiger partial charge in [0.05, 0.1) is 19.1 Å². The van der Waals surface area contributed by atoms with Crippen molar-refractivity contribution >= 4 is 5.91 Å². The van der Waals surface area contributed by atoms with Crippen molar-refractivity contribution in [3.05, 3.63) is 0 Å². The van der Waals surface area contributed by atoms with Gasteiger partial charge in [0.2, 0.25) is 5.91 Å². The molecule has 2 atom stereocenters. The average molecular weight is 283 g/mol. The normalized spacial score (nSPS) is 28.7. The molecule has 0 bridgehead atoms. The molecule has 2 heterocycles. The van der Waals surface area contributed by atoms with Crippen LogP contribution in [-0.4, -0.2) is 62.8 Å². The number of rotatable bonds is 6. The molecule has 0 saturated carbocycles. The fourth-order valence-corrected chi connectivity index (χ4v) is 3.03. The largest absolute Gasteiger partial charge is 0.379 e. The number of amides is 1. The zero-order chi connectivity index (χ0) is 14.4. The lowest BCUT2D eigenvalue weighted by atomic mass is 9.99. The monoisotopic (exact) mass is 283 g/mol. The SMILES string of the molecule is CCNC1COCC1C(=O)NCCN1CCC(C)CC1. The summed E-state index contributed by atoms with van der Waals surface area (Å²) in [6.07, 6.45) is 2.57. The Morgan fingerprint density at radius 3 is 2.75 bits per heavy atom. The molecule has 0 spiro atoms. The van der Waals surface area contributed by atoms with E-state index >= 15 is 0 Å². The van der Waals surface area contributed by atoms with Gasteiger partial charge in [-0.3, -0.25) is 4.79 Å². The number of nitrogens with one attached hydrogen (secondary N) is 2. The lowest BCUT2D eigenvalue weighted by molar-refractivity contribution is -0.125. The molecule has 116 valence electrons. The van der Waals surface area contributed by atoms with Gasteiger partial charge in [-0.2, -0.15) is 0 Å². The van der Waals surface area contributed by atoms with Crippen molar-refractivity contribution < 1.29 is 9.53 Å². The van der Waals surface area contributed by atoms with Crippen molar-refractivity contribution in [2.24, 2.45) is 11.8 Å². The van der Waals surface area contributed by atoms with Gasteiger partial charge in [-0.1, -0.05) is 13.8 Å². The highest BCUT2D eigenvalue weighted by Gasteiger charge is 2.33. The number of hydrogen-bond donors (Lipinski definition) is 2. The molecule has 1 amide bonds. The summed E-state index contributed by atoms with van der Waals surface area (Å²) in [4.78, 5) is 14.6.